The highest BCUT2D eigenvalue weighted by atomic mass is 16.7. The van der Waals surface area contributed by atoms with Gasteiger partial charge in [0.1, 0.15) is 30.5 Å². The Morgan fingerprint density at radius 2 is 1.65 bits per heavy atom. The molecule has 0 aromatic heterocycles. The van der Waals surface area contributed by atoms with E-state index in [4.69, 9.17) is 26.7 Å². The summed E-state index contributed by atoms with van der Waals surface area (Å²) in [4.78, 5) is 12.8. The van der Waals surface area contributed by atoms with Crippen molar-refractivity contribution in [1.82, 2.24) is 5.32 Å². The number of hydrogen-bond acceptors (Lipinski definition) is 10. The van der Waals surface area contributed by atoms with E-state index in [1.807, 2.05) is 30.3 Å². The molecule has 2 aromatic carbocycles. The lowest BCUT2D eigenvalue weighted by molar-refractivity contribution is -0.288. The van der Waals surface area contributed by atoms with Crippen LogP contribution in [0.2, 0.25) is 0 Å². The molecule has 2 fully saturated rings. The smallest absolute Gasteiger partial charge is 0.252 e. The molecule has 2 aromatic rings. The second-order valence-electron chi connectivity index (χ2n) is 8.98. The molecule has 1 amide bonds. The van der Waals surface area contributed by atoms with Gasteiger partial charge in [-0.15, -0.1) is 0 Å². The van der Waals surface area contributed by atoms with Gasteiger partial charge in [0.15, 0.2) is 6.29 Å². The molecular weight excluding hydrogens is 444 g/mol. The third-order valence-electron chi connectivity index (χ3n) is 6.63. The summed E-state index contributed by atoms with van der Waals surface area (Å²) in [5.41, 5.74) is 18.3. The van der Waals surface area contributed by atoms with Gasteiger partial charge in [-0.25, -0.2) is 0 Å². The standard InChI is InChI=1S/C23H32N4O7/c24-13-8-14(25)21(20(31)17(13)28)34-23-16(26)19(30)18(29)15(33-23)9-27-22(32)12-7-3-5-10-4-1-2-6-11(10)12/h1-7,13-21,23,28-31H,8-9,24-26H2,(H,27,32)/t13-,14+,15-,16-,17+,18-,19-,20-,21-,23-/m1/s1. The predicted octanol–water partition coefficient (Wildman–Crippen LogP) is -2.49. The van der Waals surface area contributed by atoms with Crippen LogP contribution in [0.4, 0.5) is 0 Å². The Labute approximate surface area is 196 Å². The molecule has 2 aliphatic rings. The second-order valence-corrected chi connectivity index (χ2v) is 8.98. The van der Waals surface area contributed by atoms with Gasteiger partial charge in [0.2, 0.25) is 0 Å². The fraction of sp³-hybridized carbons (Fsp3) is 0.522. The minimum atomic E-state index is -1.43. The molecule has 10 atom stereocenters. The fourth-order valence-corrected chi connectivity index (χ4v) is 4.58. The number of fused-ring (bicyclic) bond motifs is 1. The maximum absolute atomic E-state index is 12.8. The summed E-state index contributed by atoms with van der Waals surface area (Å²) in [6.07, 6.45) is -8.64. The van der Waals surface area contributed by atoms with E-state index in [1.54, 1.807) is 12.1 Å². The molecule has 0 unspecified atom stereocenters. The fourth-order valence-electron chi connectivity index (χ4n) is 4.58. The zero-order valence-corrected chi connectivity index (χ0v) is 18.5. The van der Waals surface area contributed by atoms with Crippen LogP contribution in [0.15, 0.2) is 42.5 Å². The van der Waals surface area contributed by atoms with Crippen molar-refractivity contribution in [1.29, 1.82) is 0 Å². The normalized spacial score (nSPS) is 38.6. The Morgan fingerprint density at radius 1 is 0.941 bits per heavy atom. The predicted molar refractivity (Wildman–Crippen MR) is 122 cm³/mol. The number of aliphatic hydroxyl groups excluding tert-OH is 4. The molecule has 186 valence electrons. The number of benzene rings is 2. The van der Waals surface area contributed by atoms with Gasteiger partial charge in [-0.1, -0.05) is 36.4 Å². The summed E-state index contributed by atoms with van der Waals surface area (Å²) in [6.45, 7) is -0.139. The Kier molecular flexibility index (Phi) is 7.48. The lowest BCUT2D eigenvalue weighted by Gasteiger charge is -2.45. The molecule has 11 N–H and O–H groups in total. The van der Waals surface area contributed by atoms with Crippen LogP contribution in [0.3, 0.4) is 0 Å². The highest BCUT2D eigenvalue weighted by molar-refractivity contribution is 6.07. The summed E-state index contributed by atoms with van der Waals surface area (Å²) in [6, 6.07) is 10.2. The Hall–Kier alpha value is -2.19. The molecule has 0 bridgehead atoms. The lowest BCUT2D eigenvalue weighted by Crippen LogP contribution is -2.67. The molecule has 1 aliphatic heterocycles. The Morgan fingerprint density at radius 3 is 2.41 bits per heavy atom. The first-order valence-electron chi connectivity index (χ1n) is 11.2. The number of hydrogen-bond donors (Lipinski definition) is 8. The largest absolute Gasteiger partial charge is 0.389 e. The van der Waals surface area contributed by atoms with E-state index < -0.39 is 61.0 Å². The van der Waals surface area contributed by atoms with Crippen LogP contribution in [0.25, 0.3) is 10.8 Å². The molecule has 0 radical (unpaired) electrons. The third kappa shape index (κ3) is 4.80. The maximum atomic E-state index is 12.8. The van der Waals surface area contributed by atoms with Crippen molar-refractivity contribution in [3.05, 3.63) is 48.0 Å². The molecule has 1 heterocycles. The van der Waals surface area contributed by atoms with E-state index in [-0.39, 0.29) is 18.9 Å². The van der Waals surface area contributed by atoms with Gasteiger partial charge in [0, 0.05) is 24.2 Å². The van der Waals surface area contributed by atoms with Crippen molar-refractivity contribution in [3.8, 4) is 0 Å². The topological polar surface area (TPSA) is 207 Å². The SMILES string of the molecule is N[C@H]1[C@@H](O[C@H]2[C@H](O)[C@@H](O)[C@H](N)C[C@@H]2N)O[C@H](CNC(=O)c2cccc3ccccc23)[C@@H](O)[C@@H]1O. The summed E-state index contributed by atoms with van der Waals surface area (Å²) >= 11 is 0. The molecule has 1 saturated carbocycles. The van der Waals surface area contributed by atoms with Crippen LogP contribution in [-0.2, 0) is 9.47 Å². The zero-order valence-electron chi connectivity index (χ0n) is 18.5. The maximum Gasteiger partial charge on any atom is 0.252 e. The van der Waals surface area contributed by atoms with Gasteiger partial charge < -0.3 is 52.4 Å². The molecular formula is C23H32N4O7. The number of nitrogens with one attached hydrogen (secondary N) is 1. The average Bonchev–Trinajstić information content (AvgIpc) is 2.83. The van der Waals surface area contributed by atoms with Crippen molar-refractivity contribution in [2.45, 2.75) is 67.5 Å². The van der Waals surface area contributed by atoms with Crippen LogP contribution in [0, 0.1) is 0 Å². The first-order chi connectivity index (χ1) is 16.2. The molecule has 1 saturated heterocycles. The summed E-state index contributed by atoms with van der Waals surface area (Å²) < 4.78 is 11.5. The van der Waals surface area contributed by atoms with Gasteiger partial charge in [-0.2, -0.15) is 0 Å². The minimum Gasteiger partial charge on any atom is -0.389 e. The van der Waals surface area contributed by atoms with Crippen molar-refractivity contribution in [2.75, 3.05) is 6.54 Å². The van der Waals surface area contributed by atoms with Gasteiger partial charge in [-0.3, -0.25) is 4.79 Å². The first kappa shape index (κ1) is 24.9. The number of amides is 1. The summed E-state index contributed by atoms with van der Waals surface area (Å²) in [5.74, 6) is -0.378. The van der Waals surface area contributed by atoms with Gasteiger partial charge in [0.25, 0.3) is 5.91 Å². The Bertz CT molecular complexity index is 1000. The number of ether oxygens (including phenoxy) is 2. The average molecular weight is 477 g/mol. The quantitative estimate of drug-likeness (QED) is 0.228. The zero-order chi connectivity index (χ0) is 24.6. The molecule has 4 rings (SSSR count). The second kappa shape index (κ2) is 10.2. The number of rotatable bonds is 5. The summed E-state index contributed by atoms with van der Waals surface area (Å²) in [5, 5.41) is 45.8. The van der Waals surface area contributed by atoms with Crippen molar-refractivity contribution in [2.24, 2.45) is 17.2 Å². The van der Waals surface area contributed by atoms with Gasteiger partial charge in [-0.05, 0) is 23.3 Å². The molecule has 11 nitrogen and oxygen atoms in total. The highest BCUT2D eigenvalue weighted by Gasteiger charge is 2.48. The van der Waals surface area contributed by atoms with Gasteiger partial charge >= 0.3 is 0 Å². The van der Waals surface area contributed by atoms with Crippen LogP contribution >= 0.6 is 0 Å². The Balaban J connectivity index is 1.44. The van der Waals surface area contributed by atoms with E-state index in [9.17, 15) is 25.2 Å². The van der Waals surface area contributed by atoms with Crippen LogP contribution < -0.4 is 22.5 Å². The number of aliphatic hydroxyl groups is 4. The number of nitrogens with two attached hydrogens (primary N) is 3. The van der Waals surface area contributed by atoms with Gasteiger partial charge in [0.05, 0.1) is 12.1 Å². The molecule has 11 heteroatoms. The first-order valence-corrected chi connectivity index (χ1v) is 11.2. The monoisotopic (exact) mass is 476 g/mol. The minimum absolute atomic E-state index is 0.139. The molecule has 1 aliphatic carbocycles. The number of carbonyl (C=O) groups excluding carboxylic acids is 1. The van der Waals surface area contributed by atoms with Crippen molar-refractivity contribution >= 4 is 16.7 Å². The van der Waals surface area contributed by atoms with E-state index in [0.717, 1.165) is 10.8 Å². The van der Waals surface area contributed by atoms with Crippen LogP contribution in [0.1, 0.15) is 16.8 Å². The molecule has 34 heavy (non-hydrogen) atoms. The lowest BCUT2D eigenvalue weighted by atomic mass is 9.84. The van der Waals surface area contributed by atoms with E-state index in [2.05, 4.69) is 5.32 Å². The third-order valence-corrected chi connectivity index (χ3v) is 6.63. The van der Waals surface area contributed by atoms with Crippen molar-refractivity contribution in [3.63, 3.8) is 0 Å². The van der Waals surface area contributed by atoms with Crippen molar-refractivity contribution < 1.29 is 34.7 Å². The highest BCUT2D eigenvalue weighted by Crippen LogP contribution is 2.27. The van der Waals surface area contributed by atoms with Crippen LogP contribution in [0.5, 0.6) is 0 Å². The van der Waals surface area contributed by atoms with E-state index >= 15 is 0 Å². The number of carbonyl (C=O) groups is 1. The van der Waals surface area contributed by atoms with E-state index in [1.165, 1.54) is 0 Å². The molecule has 0 spiro atoms. The van der Waals surface area contributed by atoms with E-state index in [0.29, 0.717) is 5.56 Å². The van der Waals surface area contributed by atoms with Crippen LogP contribution in [-0.4, -0.2) is 93.9 Å². The summed E-state index contributed by atoms with van der Waals surface area (Å²) in [7, 11) is 0.